The monoisotopic (exact) mass is 390 g/mol. The second-order valence-corrected chi connectivity index (χ2v) is 7.75. The molecule has 6 rings (SSSR count). The van der Waals surface area contributed by atoms with Crippen LogP contribution in [0.4, 0.5) is 5.82 Å². The number of carbonyl (C=O) groups is 1. The zero-order chi connectivity index (χ0) is 18.7. The first-order valence-electron chi connectivity index (χ1n) is 8.89. The molecule has 1 atom stereocenters. The summed E-state index contributed by atoms with van der Waals surface area (Å²) in [4.78, 5) is 17.1. The average Bonchev–Trinajstić information content (AvgIpc) is 3.43. The van der Waals surface area contributed by atoms with Crippen molar-refractivity contribution >= 4 is 33.3 Å². The number of aromatic nitrogens is 3. The minimum Gasteiger partial charge on any atom is -0.454 e. The molecule has 4 aromatic rings. The van der Waals surface area contributed by atoms with E-state index in [9.17, 15) is 4.79 Å². The van der Waals surface area contributed by atoms with Crippen molar-refractivity contribution in [2.24, 2.45) is 0 Å². The highest BCUT2D eigenvalue weighted by Crippen LogP contribution is 2.42. The average molecular weight is 390 g/mol. The lowest BCUT2D eigenvalue weighted by molar-refractivity contribution is -0.116. The van der Waals surface area contributed by atoms with Crippen LogP contribution in [0.15, 0.2) is 48.7 Å². The molecule has 0 bridgehead atoms. The third-order valence-corrected chi connectivity index (χ3v) is 6.09. The summed E-state index contributed by atoms with van der Waals surface area (Å²) in [5.41, 5.74) is 2.89. The molecule has 0 unspecified atom stereocenters. The van der Waals surface area contributed by atoms with Crippen molar-refractivity contribution in [2.75, 3.05) is 12.1 Å². The molecule has 1 amide bonds. The van der Waals surface area contributed by atoms with Gasteiger partial charge in [0.1, 0.15) is 5.82 Å². The first-order valence-corrected chi connectivity index (χ1v) is 9.71. The molecular weight excluding hydrogens is 376 g/mol. The van der Waals surface area contributed by atoms with Gasteiger partial charge < -0.3 is 14.8 Å². The number of amides is 1. The fourth-order valence-electron chi connectivity index (χ4n) is 3.74. The van der Waals surface area contributed by atoms with E-state index in [0.29, 0.717) is 18.0 Å². The maximum atomic E-state index is 12.5. The first kappa shape index (κ1) is 15.6. The van der Waals surface area contributed by atoms with E-state index in [0.717, 1.165) is 32.2 Å². The predicted octanol–water partition coefficient (Wildman–Crippen LogP) is 3.68. The van der Waals surface area contributed by atoms with Gasteiger partial charge in [-0.3, -0.25) is 4.79 Å². The van der Waals surface area contributed by atoms with E-state index >= 15 is 0 Å². The quantitative estimate of drug-likeness (QED) is 0.565. The Bertz CT molecular complexity index is 1210. The second kappa shape index (κ2) is 5.80. The minimum atomic E-state index is -0.0959. The minimum absolute atomic E-state index is 0.0435. The first-order chi connectivity index (χ1) is 13.8. The largest absolute Gasteiger partial charge is 0.454 e. The predicted molar refractivity (Wildman–Crippen MR) is 104 cm³/mol. The number of para-hydroxylation sites is 1. The number of carbonyl (C=O) groups excluding carboxylic acids is 1. The van der Waals surface area contributed by atoms with E-state index in [1.165, 1.54) is 0 Å². The maximum Gasteiger partial charge on any atom is 0.231 e. The summed E-state index contributed by atoms with van der Waals surface area (Å²) in [5.74, 6) is 1.98. The summed E-state index contributed by atoms with van der Waals surface area (Å²) in [5, 5.41) is 8.25. The molecule has 0 saturated carbocycles. The summed E-state index contributed by atoms with van der Waals surface area (Å²) in [6, 6.07) is 13.8. The van der Waals surface area contributed by atoms with Gasteiger partial charge in [-0.2, -0.15) is 9.78 Å². The van der Waals surface area contributed by atoms with Gasteiger partial charge in [-0.25, -0.2) is 4.98 Å². The molecule has 0 aliphatic carbocycles. The number of thiazole rings is 1. The van der Waals surface area contributed by atoms with Crippen molar-refractivity contribution in [3.8, 4) is 16.6 Å². The standard InChI is InChI=1S/C20H14N4O3S/c25-18-8-12(11-5-6-15-16(7-11)27-10-26-15)13-9-21-24(19(13)23-18)20-22-14-3-1-2-4-17(14)28-20/h1-7,9,12H,8,10H2,(H,23,25)/t12-/m0/s1. The van der Waals surface area contributed by atoms with Gasteiger partial charge in [0, 0.05) is 17.9 Å². The molecule has 0 saturated heterocycles. The van der Waals surface area contributed by atoms with Crippen molar-refractivity contribution in [1.82, 2.24) is 14.8 Å². The van der Waals surface area contributed by atoms with Gasteiger partial charge in [-0.15, -0.1) is 0 Å². The lowest BCUT2D eigenvalue weighted by atomic mass is 9.87. The molecule has 138 valence electrons. The number of rotatable bonds is 2. The molecular formula is C20H14N4O3S. The van der Waals surface area contributed by atoms with Gasteiger partial charge in [0.2, 0.25) is 17.8 Å². The number of hydrogen-bond acceptors (Lipinski definition) is 6. The Balaban J connectivity index is 1.46. The van der Waals surface area contributed by atoms with E-state index in [4.69, 9.17) is 9.47 Å². The molecule has 8 heteroatoms. The van der Waals surface area contributed by atoms with Gasteiger partial charge in [-0.1, -0.05) is 29.5 Å². The Morgan fingerprint density at radius 3 is 2.96 bits per heavy atom. The topological polar surface area (TPSA) is 78.3 Å². The summed E-state index contributed by atoms with van der Waals surface area (Å²) in [6.45, 7) is 0.227. The van der Waals surface area contributed by atoms with E-state index < -0.39 is 0 Å². The van der Waals surface area contributed by atoms with Crippen LogP contribution < -0.4 is 14.8 Å². The molecule has 0 spiro atoms. The highest BCUT2D eigenvalue weighted by Gasteiger charge is 2.32. The number of nitrogens with zero attached hydrogens (tertiary/aromatic N) is 3. The van der Waals surface area contributed by atoms with Crippen LogP contribution in [0.25, 0.3) is 15.3 Å². The van der Waals surface area contributed by atoms with Gasteiger partial charge in [0.05, 0.1) is 16.4 Å². The normalized spacial score (nSPS) is 17.6. The Kier molecular flexibility index (Phi) is 3.24. The van der Waals surface area contributed by atoms with E-state index in [-0.39, 0.29) is 18.6 Å². The summed E-state index contributed by atoms with van der Waals surface area (Å²) < 4.78 is 13.7. The van der Waals surface area contributed by atoms with Crippen LogP contribution in [0.2, 0.25) is 0 Å². The SMILES string of the molecule is O=C1C[C@@H](c2ccc3c(c2)OCO3)c2cnn(-c3nc4ccccc4s3)c2N1. The van der Waals surface area contributed by atoms with Crippen LogP contribution in [0.1, 0.15) is 23.5 Å². The fourth-order valence-corrected chi connectivity index (χ4v) is 4.67. The third-order valence-electron chi connectivity index (χ3n) is 5.08. The highest BCUT2D eigenvalue weighted by atomic mass is 32.1. The number of ether oxygens (including phenoxy) is 2. The summed E-state index contributed by atoms with van der Waals surface area (Å²) >= 11 is 1.54. The van der Waals surface area contributed by atoms with E-state index in [1.807, 2.05) is 48.7 Å². The maximum absolute atomic E-state index is 12.5. The molecule has 7 nitrogen and oxygen atoms in total. The van der Waals surface area contributed by atoms with Crippen LogP contribution in [0.3, 0.4) is 0 Å². The Hall–Kier alpha value is -3.39. The van der Waals surface area contributed by atoms with Gasteiger partial charge >= 0.3 is 0 Å². The van der Waals surface area contributed by atoms with Crippen LogP contribution in [0, 0.1) is 0 Å². The van der Waals surface area contributed by atoms with Crippen molar-refractivity contribution in [3.05, 3.63) is 59.8 Å². The molecule has 1 N–H and O–H groups in total. The number of nitrogens with one attached hydrogen (secondary N) is 1. The van der Waals surface area contributed by atoms with E-state index in [1.54, 1.807) is 16.0 Å². The number of hydrogen-bond donors (Lipinski definition) is 1. The van der Waals surface area contributed by atoms with Crippen LogP contribution in [-0.4, -0.2) is 27.5 Å². The lowest BCUT2D eigenvalue weighted by Crippen LogP contribution is -2.24. The molecule has 0 radical (unpaired) electrons. The molecule has 2 aliphatic heterocycles. The molecule has 4 heterocycles. The van der Waals surface area contributed by atoms with Crippen LogP contribution in [-0.2, 0) is 4.79 Å². The van der Waals surface area contributed by atoms with Crippen molar-refractivity contribution in [1.29, 1.82) is 0 Å². The smallest absolute Gasteiger partial charge is 0.231 e. The number of fused-ring (bicyclic) bond motifs is 3. The Labute approximate surface area is 163 Å². The number of anilines is 1. The molecule has 2 aromatic heterocycles. The molecule has 0 fully saturated rings. The zero-order valence-corrected chi connectivity index (χ0v) is 15.4. The number of benzene rings is 2. The molecule has 2 aromatic carbocycles. The van der Waals surface area contributed by atoms with E-state index in [2.05, 4.69) is 15.4 Å². The van der Waals surface area contributed by atoms with Gasteiger partial charge in [0.15, 0.2) is 11.5 Å². The van der Waals surface area contributed by atoms with Crippen molar-refractivity contribution in [2.45, 2.75) is 12.3 Å². The highest BCUT2D eigenvalue weighted by molar-refractivity contribution is 7.20. The van der Waals surface area contributed by atoms with Gasteiger partial charge in [0.25, 0.3) is 0 Å². The summed E-state index contributed by atoms with van der Waals surface area (Å²) in [7, 11) is 0. The fraction of sp³-hybridized carbons (Fsp3) is 0.150. The van der Waals surface area contributed by atoms with Gasteiger partial charge in [-0.05, 0) is 29.8 Å². The third kappa shape index (κ3) is 2.31. The molecule has 2 aliphatic rings. The lowest BCUT2D eigenvalue weighted by Gasteiger charge is -2.23. The van der Waals surface area contributed by atoms with Crippen molar-refractivity contribution < 1.29 is 14.3 Å². The Morgan fingerprint density at radius 2 is 2.04 bits per heavy atom. The van der Waals surface area contributed by atoms with Crippen LogP contribution >= 0.6 is 11.3 Å². The van der Waals surface area contributed by atoms with Crippen molar-refractivity contribution in [3.63, 3.8) is 0 Å². The Morgan fingerprint density at radius 1 is 1.14 bits per heavy atom. The zero-order valence-electron chi connectivity index (χ0n) is 14.6. The van der Waals surface area contributed by atoms with Crippen LogP contribution in [0.5, 0.6) is 11.5 Å². The summed E-state index contributed by atoms with van der Waals surface area (Å²) in [6.07, 6.45) is 2.17. The second-order valence-electron chi connectivity index (χ2n) is 6.74. The molecule has 28 heavy (non-hydrogen) atoms.